The Morgan fingerprint density at radius 3 is 2.48 bits per heavy atom. The summed E-state index contributed by atoms with van der Waals surface area (Å²) in [5.41, 5.74) is 0.761. The van der Waals surface area contributed by atoms with Crippen molar-refractivity contribution in [2.75, 3.05) is 20.6 Å². The third-order valence-electron chi connectivity index (χ3n) is 2.60. The molecule has 3 N–H and O–H groups in total. The number of carbonyl (C=O) groups excluding carboxylic acids is 1. The predicted octanol–water partition coefficient (Wildman–Crippen LogP) is 1.42. The van der Waals surface area contributed by atoms with Crippen LogP contribution in [0.5, 0.6) is 0 Å². The van der Waals surface area contributed by atoms with Crippen LogP contribution in [0.25, 0.3) is 0 Å². The van der Waals surface area contributed by atoms with Gasteiger partial charge in [-0.25, -0.2) is 22.9 Å². The SMILES string of the molecule is CNC(=O)N=S(N)(=O)c1ccc(CN(C)CC(F)F)cc1. The molecule has 1 aromatic rings. The first-order valence-corrected chi connectivity index (χ1v) is 7.64. The highest BCUT2D eigenvalue weighted by Gasteiger charge is 2.11. The molecule has 0 aromatic heterocycles. The number of hydrogen-bond donors (Lipinski definition) is 2. The topological polar surface area (TPSA) is 87.8 Å². The maximum absolute atomic E-state index is 12.2. The Labute approximate surface area is 122 Å². The number of halogens is 2. The van der Waals surface area contributed by atoms with Gasteiger partial charge in [-0.05, 0) is 24.7 Å². The Kier molecular flexibility index (Phi) is 6.19. The fourth-order valence-corrected chi connectivity index (χ4v) is 2.59. The van der Waals surface area contributed by atoms with Gasteiger partial charge in [-0.1, -0.05) is 12.1 Å². The van der Waals surface area contributed by atoms with Crippen LogP contribution in [-0.4, -0.2) is 42.2 Å². The Morgan fingerprint density at radius 2 is 2.00 bits per heavy atom. The summed E-state index contributed by atoms with van der Waals surface area (Å²) in [6.07, 6.45) is -2.40. The van der Waals surface area contributed by atoms with Gasteiger partial charge in [0.1, 0.15) is 9.92 Å². The molecule has 0 radical (unpaired) electrons. The third kappa shape index (κ3) is 5.74. The number of nitrogens with one attached hydrogen (secondary N) is 1. The smallest absolute Gasteiger partial charge is 0.339 e. The molecule has 1 atom stereocenters. The Bertz CT molecular complexity index is 598. The van der Waals surface area contributed by atoms with E-state index in [0.29, 0.717) is 6.54 Å². The van der Waals surface area contributed by atoms with Crippen molar-refractivity contribution in [3.63, 3.8) is 0 Å². The van der Waals surface area contributed by atoms with Crippen LogP contribution in [0, 0.1) is 0 Å². The summed E-state index contributed by atoms with van der Waals surface area (Å²) in [7, 11) is -0.380. The maximum Gasteiger partial charge on any atom is 0.350 e. The average Bonchev–Trinajstić information content (AvgIpc) is 2.37. The van der Waals surface area contributed by atoms with Gasteiger partial charge in [0.05, 0.1) is 11.4 Å². The van der Waals surface area contributed by atoms with E-state index in [4.69, 9.17) is 5.14 Å². The zero-order chi connectivity index (χ0) is 16.0. The summed E-state index contributed by atoms with van der Waals surface area (Å²) in [6, 6.07) is 5.40. The second-order valence-corrected chi connectivity index (χ2v) is 6.24. The van der Waals surface area contributed by atoms with Crippen LogP contribution in [-0.2, 0) is 16.5 Å². The van der Waals surface area contributed by atoms with Crippen LogP contribution >= 0.6 is 0 Å². The highest BCUT2D eigenvalue weighted by atomic mass is 32.2. The normalized spacial score (nSPS) is 14.0. The van der Waals surface area contributed by atoms with E-state index in [2.05, 4.69) is 9.68 Å². The van der Waals surface area contributed by atoms with E-state index in [0.717, 1.165) is 5.56 Å². The first-order valence-electron chi connectivity index (χ1n) is 6.07. The largest absolute Gasteiger partial charge is 0.350 e. The van der Waals surface area contributed by atoms with Crippen molar-refractivity contribution in [2.45, 2.75) is 17.9 Å². The lowest BCUT2D eigenvalue weighted by atomic mass is 10.2. The van der Waals surface area contributed by atoms with Crippen molar-refractivity contribution in [3.8, 4) is 0 Å². The highest BCUT2D eigenvalue weighted by Crippen LogP contribution is 2.12. The second-order valence-electron chi connectivity index (χ2n) is 4.45. The van der Waals surface area contributed by atoms with Gasteiger partial charge in [0.25, 0.3) is 6.43 Å². The molecule has 0 spiro atoms. The highest BCUT2D eigenvalue weighted by molar-refractivity contribution is 7.91. The number of benzene rings is 1. The van der Waals surface area contributed by atoms with Crippen molar-refractivity contribution in [3.05, 3.63) is 29.8 Å². The summed E-state index contributed by atoms with van der Waals surface area (Å²) < 4.78 is 39.9. The van der Waals surface area contributed by atoms with E-state index in [-0.39, 0.29) is 11.4 Å². The van der Waals surface area contributed by atoms with Gasteiger partial charge in [-0.15, -0.1) is 4.36 Å². The number of nitrogens with two attached hydrogens (primary N) is 1. The molecule has 0 aliphatic carbocycles. The van der Waals surface area contributed by atoms with Gasteiger partial charge in [-0.2, -0.15) is 0 Å². The molecule has 0 saturated heterocycles. The zero-order valence-electron chi connectivity index (χ0n) is 11.8. The Balaban J connectivity index is 2.85. The zero-order valence-corrected chi connectivity index (χ0v) is 12.6. The predicted molar refractivity (Wildman–Crippen MR) is 76.3 cm³/mol. The number of alkyl halides is 2. The van der Waals surface area contributed by atoms with Crippen molar-refractivity contribution in [2.24, 2.45) is 9.50 Å². The molecule has 0 saturated carbocycles. The molecule has 0 aliphatic heterocycles. The molecule has 118 valence electrons. The lowest BCUT2D eigenvalue weighted by Crippen LogP contribution is -2.24. The third-order valence-corrected chi connectivity index (χ3v) is 3.98. The number of nitrogens with zero attached hydrogens (tertiary/aromatic N) is 2. The van der Waals surface area contributed by atoms with Crippen LogP contribution in [0.15, 0.2) is 33.5 Å². The van der Waals surface area contributed by atoms with Gasteiger partial charge >= 0.3 is 6.03 Å². The van der Waals surface area contributed by atoms with Crippen LogP contribution in [0.4, 0.5) is 13.6 Å². The van der Waals surface area contributed by atoms with Gasteiger partial charge in [0.15, 0.2) is 0 Å². The monoisotopic (exact) mass is 320 g/mol. The maximum atomic E-state index is 12.2. The van der Waals surface area contributed by atoms with Gasteiger partial charge in [-0.3, -0.25) is 4.90 Å². The first-order chi connectivity index (χ1) is 9.74. The second kappa shape index (κ2) is 7.43. The summed E-state index contributed by atoms with van der Waals surface area (Å²) >= 11 is 0. The van der Waals surface area contributed by atoms with E-state index in [1.807, 2.05) is 0 Å². The number of amides is 2. The summed E-state index contributed by atoms with van der Waals surface area (Å²) in [6.45, 7) is -0.00956. The van der Waals surface area contributed by atoms with Gasteiger partial charge in [0.2, 0.25) is 0 Å². The minimum atomic E-state index is -3.31. The average molecular weight is 320 g/mol. The molecule has 1 aromatic carbocycles. The molecule has 6 nitrogen and oxygen atoms in total. The van der Waals surface area contributed by atoms with E-state index in [9.17, 15) is 17.8 Å². The Morgan fingerprint density at radius 1 is 1.43 bits per heavy atom. The minimum absolute atomic E-state index is 0.200. The molecule has 0 fully saturated rings. The standard InChI is InChI=1S/C12H18F2N4O2S/c1-16-12(19)17-21(15,20)10-5-3-9(4-6-10)7-18(2)8-11(13)14/h3-6,11H,7-8H2,1-2H3,(H3,15,16,17,19,20). The molecule has 21 heavy (non-hydrogen) atoms. The number of carbonyl (C=O) groups is 1. The molecular weight excluding hydrogens is 302 g/mol. The van der Waals surface area contributed by atoms with E-state index in [1.165, 1.54) is 24.1 Å². The van der Waals surface area contributed by atoms with Crippen molar-refractivity contribution < 1.29 is 17.8 Å². The van der Waals surface area contributed by atoms with Crippen molar-refractivity contribution in [1.82, 2.24) is 10.2 Å². The van der Waals surface area contributed by atoms with Crippen LogP contribution < -0.4 is 10.5 Å². The molecule has 9 heteroatoms. The van der Waals surface area contributed by atoms with Crippen LogP contribution in [0.3, 0.4) is 0 Å². The molecule has 0 heterocycles. The lowest BCUT2D eigenvalue weighted by molar-refractivity contribution is 0.0975. The van der Waals surface area contributed by atoms with E-state index >= 15 is 0 Å². The molecular formula is C12H18F2N4O2S. The summed E-state index contributed by atoms with van der Waals surface area (Å²) in [5.74, 6) is 0. The van der Waals surface area contributed by atoms with Crippen LogP contribution in [0.1, 0.15) is 5.56 Å². The van der Waals surface area contributed by atoms with Gasteiger partial charge in [0, 0.05) is 13.6 Å². The van der Waals surface area contributed by atoms with Crippen molar-refractivity contribution >= 4 is 15.9 Å². The summed E-state index contributed by atoms with van der Waals surface area (Å²) in [4.78, 5) is 12.8. The van der Waals surface area contributed by atoms with Crippen LogP contribution in [0.2, 0.25) is 0 Å². The number of rotatable bonds is 5. The first kappa shape index (κ1) is 17.5. The number of urea groups is 1. The molecule has 1 unspecified atom stereocenters. The molecule has 1 rings (SSSR count). The Hall–Kier alpha value is -1.58. The summed E-state index contributed by atoms with van der Waals surface area (Å²) in [5, 5.41) is 7.73. The van der Waals surface area contributed by atoms with Gasteiger partial charge < -0.3 is 5.32 Å². The molecule has 0 bridgehead atoms. The molecule has 2 amide bonds. The molecule has 0 aliphatic rings. The van der Waals surface area contributed by atoms with E-state index < -0.39 is 22.4 Å². The lowest BCUT2D eigenvalue weighted by Gasteiger charge is -2.16. The minimum Gasteiger partial charge on any atom is -0.339 e. The fourth-order valence-electron chi connectivity index (χ4n) is 1.62. The fraction of sp³-hybridized carbons (Fsp3) is 0.417. The number of hydrogen-bond acceptors (Lipinski definition) is 3. The van der Waals surface area contributed by atoms with E-state index in [1.54, 1.807) is 19.2 Å². The quantitative estimate of drug-likeness (QED) is 0.860. The van der Waals surface area contributed by atoms with Crippen molar-refractivity contribution in [1.29, 1.82) is 0 Å².